The Morgan fingerprint density at radius 2 is 0.809 bits per heavy atom. The maximum Gasteiger partial charge on any atom is 0.329 e. The number of nitrogens with one attached hydrogen (secondary N) is 9. The molecule has 0 aliphatic carbocycles. The number of benzene rings is 2. The lowest BCUT2D eigenvalue weighted by Crippen LogP contribution is -2.52. The van der Waals surface area contributed by atoms with E-state index in [9.17, 15) is 67.1 Å². The summed E-state index contributed by atoms with van der Waals surface area (Å²) < 4.78 is 32.4. The van der Waals surface area contributed by atoms with E-state index in [1.165, 1.54) is 4.90 Å². The molecule has 0 saturated carbocycles. The van der Waals surface area contributed by atoms with Crippen LogP contribution in [0.3, 0.4) is 0 Å². The van der Waals surface area contributed by atoms with E-state index in [0.717, 1.165) is 17.1 Å². The molecule has 33 heteroatoms. The number of rotatable bonds is 48. The molecule has 1 aliphatic rings. The first-order chi connectivity index (χ1) is 42.8. The van der Waals surface area contributed by atoms with Gasteiger partial charge in [0.05, 0.1) is 112 Å². The number of amides is 12. The average molecular weight is 1260 g/mol. The van der Waals surface area contributed by atoms with E-state index in [4.69, 9.17) is 38.6 Å². The van der Waals surface area contributed by atoms with Gasteiger partial charge in [-0.3, -0.25) is 67.2 Å². The van der Waals surface area contributed by atoms with Gasteiger partial charge in [-0.1, -0.05) is 60.7 Å². The van der Waals surface area contributed by atoms with Crippen molar-refractivity contribution in [2.75, 3.05) is 138 Å². The van der Waals surface area contributed by atoms with Crippen molar-refractivity contribution in [3.63, 3.8) is 0 Å². The summed E-state index contributed by atoms with van der Waals surface area (Å²) in [6.45, 7) is -3.48. The highest BCUT2D eigenvalue weighted by molar-refractivity contribution is 6.12. The highest BCUT2D eigenvalue weighted by Gasteiger charge is 2.25. The van der Waals surface area contributed by atoms with Crippen LogP contribution in [-0.4, -0.2) is 253 Å². The van der Waals surface area contributed by atoms with Gasteiger partial charge in [-0.25, -0.2) is 4.79 Å². The van der Waals surface area contributed by atoms with Crippen LogP contribution < -0.4 is 47.9 Å². The number of hydrogen-bond acceptors (Lipinski definition) is 20. The predicted molar refractivity (Wildman–Crippen MR) is 307 cm³/mol. The highest BCUT2D eigenvalue weighted by Crippen LogP contribution is 2.07. The number of ether oxygens (including phenoxy) is 6. The molecule has 2 aromatic carbocycles. The van der Waals surface area contributed by atoms with Crippen molar-refractivity contribution in [2.45, 2.75) is 44.2 Å². The van der Waals surface area contributed by atoms with E-state index in [0.29, 0.717) is 11.1 Å². The molecule has 2 aromatic rings. The number of imide groups is 1. The van der Waals surface area contributed by atoms with Crippen LogP contribution in [0.5, 0.6) is 0 Å². The molecule has 0 saturated heterocycles. The first kappa shape index (κ1) is 74.0. The van der Waals surface area contributed by atoms with Crippen molar-refractivity contribution in [3.8, 4) is 0 Å². The first-order valence-electron chi connectivity index (χ1n) is 28.1. The second-order valence-corrected chi connectivity index (χ2v) is 18.9. The third kappa shape index (κ3) is 35.2. The minimum atomic E-state index is -1.27. The molecule has 0 fully saturated rings. The van der Waals surface area contributed by atoms with E-state index >= 15 is 0 Å². The first-order valence-corrected chi connectivity index (χ1v) is 28.1. The number of carbonyl (C=O) groups is 14. The largest absolute Gasteiger partial charge is 0.480 e. The third-order valence-electron chi connectivity index (χ3n) is 12.0. The van der Waals surface area contributed by atoms with Crippen molar-refractivity contribution < 1.29 is 106 Å². The molecular formula is C56H77N11O22. The van der Waals surface area contributed by atoms with Crippen molar-refractivity contribution in [2.24, 2.45) is 0 Å². The van der Waals surface area contributed by atoms with Gasteiger partial charge in [0.25, 0.3) is 11.8 Å². The number of hydrogen-bond donors (Lipinski definition) is 11. The van der Waals surface area contributed by atoms with Crippen LogP contribution in [0, 0.1) is 0 Å². The van der Waals surface area contributed by atoms with Gasteiger partial charge in [-0.05, 0) is 11.1 Å². The summed E-state index contributed by atoms with van der Waals surface area (Å²) in [4.78, 5) is 173. The van der Waals surface area contributed by atoms with Gasteiger partial charge in [-0.15, -0.1) is 0 Å². The number of carboxylic acid groups (broad SMARTS) is 2. The van der Waals surface area contributed by atoms with Gasteiger partial charge >= 0.3 is 11.9 Å². The van der Waals surface area contributed by atoms with Crippen LogP contribution >= 0.6 is 0 Å². The van der Waals surface area contributed by atoms with Gasteiger partial charge < -0.3 is 91.4 Å². The second kappa shape index (κ2) is 44.2. The van der Waals surface area contributed by atoms with Crippen LogP contribution in [0.25, 0.3) is 0 Å². The summed E-state index contributed by atoms with van der Waals surface area (Å²) in [5.74, 6) is -9.79. The molecule has 3 rings (SSSR count). The Balaban J connectivity index is 1.30. The van der Waals surface area contributed by atoms with Gasteiger partial charge in [0, 0.05) is 50.9 Å². The normalized spacial score (nSPS) is 12.2. The molecule has 1 aliphatic heterocycles. The summed E-state index contributed by atoms with van der Waals surface area (Å²) in [5.41, 5.74) is 1.38. The van der Waals surface area contributed by atoms with Gasteiger partial charge in [-0.2, -0.15) is 0 Å². The van der Waals surface area contributed by atoms with Crippen LogP contribution in [0.1, 0.15) is 30.4 Å². The quantitative estimate of drug-likeness (QED) is 0.0167. The third-order valence-corrected chi connectivity index (χ3v) is 12.0. The van der Waals surface area contributed by atoms with Crippen molar-refractivity contribution in [1.29, 1.82) is 0 Å². The van der Waals surface area contributed by atoms with E-state index in [-0.39, 0.29) is 124 Å². The maximum atomic E-state index is 13.2. The zero-order valence-corrected chi connectivity index (χ0v) is 48.9. The molecule has 11 N–H and O–H groups in total. The molecule has 89 heavy (non-hydrogen) atoms. The fourth-order valence-corrected chi connectivity index (χ4v) is 7.45. The molecule has 0 radical (unpaired) electrons. The highest BCUT2D eigenvalue weighted by atomic mass is 16.5. The van der Waals surface area contributed by atoms with E-state index in [2.05, 4.69) is 47.9 Å². The van der Waals surface area contributed by atoms with Crippen LogP contribution in [0.2, 0.25) is 0 Å². The Morgan fingerprint density at radius 3 is 1.27 bits per heavy atom. The predicted octanol–water partition coefficient (Wildman–Crippen LogP) is -5.60. The summed E-state index contributed by atoms with van der Waals surface area (Å²) in [6.07, 6.45) is 2.11. The molecule has 0 aromatic heterocycles. The van der Waals surface area contributed by atoms with Gasteiger partial charge in [0.15, 0.2) is 0 Å². The zero-order valence-electron chi connectivity index (χ0n) is 48.9. The van der Waals surface area contributed by atoms with Gasteiger partial charge in [0.1, 0.15) is 32.0 Å². The van der Waals surface area contributed by atoms with Crippen molar-refractivity contribution in [3.05, 3.63) is 83.9 Å². The Morgan fingerprint density at radius 1 is 0.416 bits per heavy atom. The Labute approximate surface area is 511 Å². The van der Waals surface area contributed by atoms with Gasteiger partial charge in [0.2, 0.25) is 59.1 Å². The lowest BCUT2D eigenvalue weighted by atomic mass is 10.1. The molecule has 0 bridgehead atoms. The minimum absolute atomic E-state index is 0.00869. The Hall–Kier alpha value is -9.28. The summed E-state index contributed by atoms with van der Waals surface area (Å²) in [6, 6.07) is 15.1. The lowest BCUT2D eigenvalue weighted by molar-refractivity contribution is -0.143. The molecular weight excluding hydrogens is 1180 g/mol. The molecule has 0 unspecified atom stereocenters. The molecule has 0 spiro atoms. The topological polar surface area (TPSA) is 450 Å². The smallest absolute Gasteiger partial charge is 0.329 e. The average Bonchev–Trinajstić information content (AvgIpc) is 4.07. The molecule has 33 nitrogen and oxygen atoms in total. The fraction of sp³-hybridized carbons (Fsp3) is 0.500. The van der Waals surface area contributed by atoms with Crippen molar-refractivity contribution >= 4 is 82.8 Å². The zero-order chi connectivity index (χ0) is 65.0. The van der Waals surface area contributed by atoms with Crippen LogP contribution in [0.4, 0.5) is 0 Å². The maximum absolute atomic E-state index is 13.2. The number of carboxylic acids is 2. The van der Waals surface area contributed by atoms with Crippen molar-refractivity contribution in [1.82, 2.24) is 57.7 Å². The van der Waals surface area contributed by atoms with E-state index in [1.54, 1.807) is 60.7 Å². The fourth-order valence-electron chi connectivity index (χ4n) is 7.45. The van der Waals surface area contributed by atoms with E-state index in [1.807, 2.05) is 0 Å². The summed E-state index contributed by atoms with van der Waals surface area (Å²) >= 11 is 0. The number of nitrogens with zero attached hydrogens (tertiary/aromatic N) is 2. The Kier molecular flexibility index (Phi) is 36.7. The molecule has 12 amide bonds. The number of aliphatic carboxylic acids is 2. The SMILES string of the molecule is O=C(O)CNC(=O)[C@H](Cc1ccccc1)NC(=O)CNC(=O)CNC(=O)CCOCCOCCN(CCOCCOCCC(=O)NCC(=O)NCC(=O)N[C@@H](Cc1ccccc1)C(=O)NCC(=O)NCOCC(=O)O)C(=O)CCOCCN1C(=O)C=CC1=O. The molecule has 488 valence electrons. The van der Waals surface area contributed by atoms with Crippen LogP contribution in [0.15, 0.2) is 72.8 Å². The standard InChI is InChI=1S/C56H77N11O22/c68-43(57-31-45(70)59-34-48(73)64-41(29-39-7-3-1-4-8-39)55(82)61-33-47(72)63-38-89-37-54(80)81)13-19-85-25-27-87-22-16-66(50(75)15-21-84-24-18-67-51(76)11-12-52(67)77)17-23-88-28-26-86-20-14-44(69)58-32-46(71)60-35-49(74)65-42(56(83)62-36-53(78)79)30-40-9-5-2-6-10-40/h1-12,41-42H,13-38H2,(H,57,68)(H,58,69)(H,59,70)(H,60,71)(H,61,82)(H,62,83)(H,63,72)(H,64,73)(H,65,74)(H,78,79)(H,80,81)/t41-,42-/m0/s1. The summed E-state index contributed by atoms with van der Waals surface area (Å²) in [7, 11) is 0. The molecule has 1 heterocycles. The minimum Gasteiger partial charge on any atom is -0.480 e. The molecule has 2 atom stereocenters. The lowest BCUT2D eigenvalue weighted by Gasteiger charge is -2.23. The second-order valence-electron chi connectivity index (χ2n) is 18.9. The Bertz CT molecular complexity index is 2670. The summed E-state index contributed by atoms with van der Waals surface area (Å²) in [5, 5.41) is 38.9. The monoisotopic (exact) mass is 1260 g/mol. The van der Waals surface area contributed by atoms with E-state index < -0.39 is 142 Å². The number of carbonyl (C=O) groups excluding carboxylic acids is 12. The van der Waals surface area contributed by atoms with Crippen LogP contribution in [-0.2, 0) is 108 Å².